The first-order valence-electron chi connectivity index (χ1n) is 7.77. The summed E-state index contributed by atoms with van der Waals surface area (Å²) in [6.45, 7) is 5.19. The number of nitrogens with one attached hydrogen (secondary N) is 1. The van der Waals surface area contributed by atoms with Crippen LogP contribution in [0.2, 0.25) is 0 Å². The summed E-state index contributed by atoms with van der Waals surface area (Å²) in [4.78, 5) is 4.49. The fraction of sp³-hybridized carbons (Fsp3) is 0.353. The second kappa shape index (κ2) is 6.29. The molecule has 2 aromatic rings. The van der Waals surface area contributed by atoms with Crippen molar-refractivity contribution in [2.45, 2.75) is 31.6 Å². The van der Waals surface area contributed by atoms with E-state index in [1.807, 2.05) is 26.0 Å². The van der Waals surface area contributed by atoms with E-state index in [4.69, 9.17) is 0 Å². The number of anilines is 2. The Morgan fingerprint density at radius 3 is 2.39 bits per heavy atom. The van der Waals surface area contributed by atoms with Crippen molar-refractivity contribution in [2.24, 2.45) is 0 Å². The zero-order chi connectivity index (χ0) is 16.4. The molecular weight excluding hydrogens is 310 g/mol. The number of hydrogen-bond donors (Lipinski definition) is 1. The third kappa shape index (κ3) is 3.38. The molecule has 0 amide bonds. The molecule has 0 atom stereocenters. The lowest BCUT2D eigenvalue weighted by Crippen LogP contribution is -2.28. The quantitative estimate of drug-likeness (QED) is 0.934. The summed E-state index contributed by atoms with van der Waals surface area (Å²) in [5.41, 5.74) is 3.08. The van der Waals surface area contributed by atoms with Gasteiger partial charge in [-0.2, -0.15) is 4.31 Å². The summed E-state index contributed by atoms with van der Waals surface area (Å²) in [7, 11) is -3.50. The van der Waals surface area contributed by atoms with Gasteiger partial charge in [-0.1, -0.05) is 6.07 Å². The smallest absolute Gasteiger partial charge is 0.246 e. The Hall–Kier alpha value is -1.92. The summed E-state index contributed by atoms with van der Waals surface area (Å²) in [5.74, 6) is 0.379. The van der Waals surface area contributed by atoms with E-state index in [1.165, 1.54) is 4.31 Å². The molecule has 2 heterocycles. The molecule has 1 fully saturated rings. The van der Waals surface area contributed by atoms with E-state index in [1.54, 1.807) is 18.3 Å². The van der Waals surface area contributed by atoms with E-state index in [0.29, 0.717) is 18.9 Å². The van der Waals surface area contributed by atoms with Crippen LogP contribution < -0.4 is 5.32 Å². The normalized spacial score (nSPS) is 15.7. The van der Waals surface area contributed by atoms with Gasteiger partial charge in [0.05, 0.1) is 0 Å². The fourth-order valence-corrected chi connectivity index (χ4v) is 4.56. The molecule has 6 heteroatoms. The number of pyridine rings is 1. The molecule has 1 saturated heterocycles. The Morgan fingerprint density at radius 2 is 1.74 bits per heavy atom. The number of nitrogens with zero attached hydrogens (tertiary/aromatic N) is 2. The largest absolute Gasteiger partial charge is 0.339 e. The first-order chi connectivity index (χ1) is 11.0. The van der Waals surface area contributed by atoms with Crippen molar-refractivity contribution >= 4 is 21.5 Å². The van der Waals surface area contributed by atoms with Crippen LogP contribution in [-0.2, 0) is 10.0 Å². The van der Waals surface area contributed by atoms with E-state index in [2.05, 4.69) is 16.4 Å². The van der Waals surface area contributed by atoms with Gasteiger partial charge in [0.1, 0.15) is 4.90 Å². The number of hydrogen-bond acceptors (Lipinski definition) is 4. The summed E-state index contributed by atoms with van der Waals surface area (Å²) < 4.78 is 27.2. The van der Waals surface area contributed by atoms with Crippen molar-refractivity contribution in [1.29, 1.82) is 0 Å². The van der Waals surface area contributed by atoms with Gasteiger partial charge in [0.15, 0.2) is 5.82 Å². The Morgan fingerprint density at radius 1 is 1.09 bits per heavy atom. The Kier molecular flexibility index (Phi) is 4.37. The van der Waals surface area contributed by atoms with Crippen molar-refractivity contribution in [3.05, 3.63) is 47.7 Å². The van der Waals surface area contributed by atoms with E-state index >= 15 is 0 Å². The minimum atomic E-state index is -3.50. The standard InChI is InChI=1S/C17H21N3O2S/c1-13-10-14(2)12-15(11-13)19-17-16(6-5-7-18-17)23(21,22)20-8-3-4-9-20/h5-7,10-12H,3-4,8-9H2,1-2H3,(H,18,19). The maximum atomic E-state index is 12.8. The van der Waals surface area contributed by atoms with E-state index in [0.717, 1.165) is 29.7 Å². The van der Waals surface area contributed by atoms with Crippen LogP contribution in [0.1, 0.15) is 24.0 Å². The van der Waals surface area contributed by atoms with Crippen LogP contribution in [0.25, 0.3) is 0 Å². The predicted molar refractivity (Wildman–Crippen MR) is 91.4 cm³/mol. The highest BCUT2D eigenvalue weighted by Crippen LogP contribution is 2.28. The van der Waals surface area contributed by atoms with Gasteiger partial charge >= 0.3 is 0 Å². The molecule has 1 aromatic carbocycles. The minimum Gasteiger partial charge on any atom is -0.339 e. The van der Waals surface area contributed by atoms with Gasteiger partial charge in [0.2, 0.25) is 10.0 Å². The molecule has 1 aromatic heterocycles. The van der Waals surface area contributed by atoms with Crippen molar-refractivity contribution in [1.82, 2.24) is 9.29 Å². The summed E-state index contributed by atoms with van der Waals surface area (Å²) >= 11 is 0. The van der Waals surface area contributed by atoms with Crippen molar-refractivity contribution < 1.29 is 8.42 Å². The highest BCUT2D eigenvalue weighted by molar-refractivity contribution is 7.89. The molecule has 1 N–H and O–H groups in total. The first kappa shape index (κ1) is 16.0. The van der Waals surface area contributed by atoms with Crippen LogP contribution in [0.4, 0.5) is 11.5 Å². The molecule has 1 aliphatic rings. The third-order valence-corrected chi connectivity index (χ3v) is 5.87. The van der Waals surface area contributed by atoms with Crippen LogP contribution in [-0.4, -0.2) is 30.8 Å². The van der Waals surface area contributed by atoms with Crippen LogP contribution >= 0.6 is 0 Å². The maximum absolute atomic E-state index is 12.8. The monoisotopic (exact) mass is 331 g/mol. The summed E-state index contributed by atoms with van der Waals surface area (Å²) in [6, 6.07) is 9.31. The van der Waals surface area contributed by atoms with Gasteiger partial charge in [-0.05, 0) is 62.1 Å². The number of benzene rings is 1. The van der Waals surface area contributed by atoms with E-state index in [-0.39, 0.29) is 4.90 Å². The van der Waals surface area contributed by atoms with Gasteiger partial charge in [-0.15, -0.1) is 0 Å². The van der Waals surface area contributed by atoms with Gasteiger partial charge in [0, 0.05) is 25.0 Å². The molecule has 0 aliphatic carbocycles. The maximum Gasteiger partial charge on any atom is 0.246 e. The average Bonchev–Trinajstić information content (AvgIpc) is 3.01. The molecule has 0 unspecified atom stereocenters. The second-order valence-corrected chi connectivity index (χ2v) is 7.87. The highest BCUT2D eigenvalue weighted by Gasteiger charge is 2.29. The lowest BCUT2D eigenvalue weighted by atomic mass is 10.1. The molecule has 0 bridgehead atoms. The molecule has 1 aliphatic heterocycles. The summed E-state index contributed by atoms with van der Waals surface area (Å²) in [6.07, 6.45) is 3.44. The van der Waals surface area contributed by atoms with Crippen molar-refractivity contribution in [2.75, 3.05) is 18.4 Å². The van der Waals surface area contributed by atoms with Gasteiger partial charge < -0.3 is 5.32 Å². The molecule has 3 rings (SSSR count). The van der Waals surface area contributed by atoms with Crippen LogP contribution in [0.5, 0.6) is 0 Å². The van der Waals surface area contributed by atoms with E-state index < -0.39 is 10.0 Å². The number of rotatable bonds is 4. The molecule has 0 spiro atoms. The highest BCUT2D eigenvalue weighted by atomic mass is 32.2. The van der Waals surface area contributed by atoms with Gasteiger partial charge in [0.25, 0.3) is 0 Å². The lowest BCUT2D eigenvalue weighted by Gasteiger charge is -2.18. The molecular formula is C17H21N3O2S. The minimum absolute atomic E-state index is 0.237. The molecule has 5 nitrogen and oxygen atoms in total. The van der Waals surface area contributed by atoms with Gasteiger partial charge in [-0.3, -0.25) is 0 Å². The van der Waals surface area contributed by atoms with Crippen molar-refractivity contribution in [3.8, 4) is 0 Å². The van der Waals surface area contributed by atoms with Crippen LogP contribution in [0.15, 0.2) is 41.4 Å². The SMILES string of the molecule is Cc1cc(C)cc(Nc2ncccc2S(=O)(=O)N2CCCC2)c1. The van der Waals surface area contributed by atoms with Gasteiger partial charge in [-0.25, -0.2) is 13.4 Å². The van der Waals surface area contributed by atoms with Crippen molar-refractivity contribution in [3.63, 3.8) is 0 Å². The molecule has 23 heavy (non-hydrogen) atoms. The first-order valence-corrected chi connectivity index (χ1v) is 9.21. The zero-order valence-corrected chi connectivity index (χ0v) is 14.2. The van der Waals surface area contributed by atoms with Crippen LogP contribution in [0, 0.1) is 13.8 Å². The molecule has 0 saturated carbocycles. The Balaban J connectivity index is 1.97. The zero-order valence-electron chi connectivity index (χ0n) is 13.4. The summed E-state index contributed by atoms with van der Waals surface area (Å²) in [5, 5.41) is 3.17. The lowest BCUT2D eigenvalue weighted by molar-refractivity contribution is 0.477. The molecule has 0 radical (unpaired) electrons. The number of aryl methyl sites for hydroxylation is 2. The predicted octanol–water partition coefficient (Wildman–Crippen LogP) is 3.23. The number of sulfonamides is 1. The third-order valence-electron chi connectivity index (χ3n) is 3.94. The van der Waals surface area contributed by atoms with E-state index in [9.17, 15) is 8.42 Å². The fourth-order valence-electron chi connectivity index (χ4n) is 2.94. The Labute approximate surface area is 137 Å². The second-order valence-electron chi connectivity index (χ2n) is 5.96. The average molecular weight is 331 g/mol. The molecule has 122 valence electrons. The Bertz CT molecular complexity index is 792. The topological polar surface area (TPSA) is 62.3 Å². The van der Waals surface area contributed by atoms with Crippen LogP contribution in [0.3, 0.4) is 0 Å². The number of aromatic nitrogens is 1.